The highest BCUT2D eigenvalue weighted by Crippen LogP contribution is 2.07. The van der Waals surface area contributed by atoms with Crippen LogP contribution in [0.1, 0.15) is 33.1 Å². The van der Waals surface area contributed by atoms with Crippen molar-refractivity contribution in [1.82, 2.24) is 15.5 Å². The van der Waals surface area contributed by atoms with Crippen LogP contribution < -0.4 is 10.6 Å². The molecule has 0 saturated carbocycles. The fourth-order valence-corrected chi connectivity index (χ4v) is 1.15. The van der Waals surface area contributed by atoms with Gasteiger partial charge in [-0.3, -0.25) is 0 Å². The van der Waals surface area contributed by atoms with Crippen LogP contribution in [0.15, 0.2) is 4.42 Å². The Hall–Kier alpha value is -1.14. The van der Waals surface area contributed by atoms with Crippen molar-refractivity contribution in [1.29, 1.82) is 0 Å². The number of ether oxygens (including phenoxy) is 1. The van der Waals surface area contributed by atoms with E-state index >= 15 is 0 Å². The van der Waals surface area contributed by atoms with Crippen molar-refractivity contribution in [3.8, 4) is 0 Å². The number of aromatic nitrogens is 2. The first kappa shape index (κ1) is 13.9. The summed E-state index contributed by atoms with van der Waals surface area (Å²) in [4.78, 5) is 0. The third-order valence-electron chi connectivity index (χ3n) is 2.04. The van der Waals surface area contributed by atoms with Crippen LogP contribution in [0.5, 0.6) is 0 Å². The number of nitrogens with one attached hydrogen (secondary N) is 2. The van der Waals surface area contributed by atoms with E-state index in [9.17, 15) is 0 Å². The normalized spacial score (nSPS) is 11.8. The minimum Gasteiger partial charge on any atom is -0.407 e. The van der Waals surface area contributed by atoms with E-state index in [1.54, 1.807) is 7.11 Å². The maximum Gasteiger partial charge on any atom is 0.315 e. The van der Waals surface area contributed by atoms with Crippen molar-refractivity contribution in [2.75, 3.05) is 25.6 Å². The van der Waals surface area contributed by atoms with Gasteiger partial charge in [0.2, 0.25) is 5.89 Å². The van der Waals surface area contributed by atoms with Crippen molar-refractivity contribution >= 4 is 6.01 Å². The summed E-state index contributed by atoms with van der Waals surface area (Å²) in [5.74, 6) is 0.592. The molecule has 0 unspecified atom stereocenters. The molecule has 6 heteroatoms. The lowest BCUT2D eigenvalue weighted by Crippen LogP contribution is -2.35. The van der Waals surface area contributed by atoms with Crippen LogP contribution in [0.2, 0.25) is 0 Å². The summed E-state index contributed by atoms with van der Waals surface area (Å²) < 4.78 is 10.4. The van der Waals surface area contributed by atoms with Gasteiger partial charge in [0, 0.05) is 25.8 Å². The van der Waals surface area contributed by atoms with Crippen LogP contribution >= 0.6 is 0 Å². The Morgan fingerprint density at radius 1 is 1.29 bits per heavy atom. The predicted octanol–water partition coefficient (Wildman–Crippen LogP) is 1.41. The van der Waals surface area contributed by atoms with Crippen LogP contribution in [0.25, 0.3) is 0 Å². The Balaban J connectivity index is 2.28. The third-order valence-corrected chi connectivity index (χ3v) is 2.04. The van der Waals surface area contributed by atoms with Gasteiger partial charge >= 0.3 is 6.01 Å². The number of rotatable bonds is 7. The Morgan fingerprint density at radius 2 is 2.06 bits per heavy atom. The fourth-order valence-electron chi connectivity index (χ4n) is 1.15. The van der Waals surface area contributed by atoms with Crippen molar-refractivity contribution in [3.05, 3.63) is 5.89 Å². The summed E-state index contributed by atoms with van der Waals surface area (Å²) in [6.45, 7) is 8.34. The molecule has 0 spiro atoms. The molecule has 0 saturated heterocycles. The second kappa shape index (κ2) is 6.56. The van der Waals surface area contributed by atoms with E-state index in [0.29, 0.717) is 18.5 Å². The van der Waals surface area contributed by atoms with Gasteiger partial charge in [-0.25, -0.2) is 0 Å². The van der Waals surface area contributed by atoms with Gasteiger partial charge in [-0.05, 0) is 27.2 Å². The maximum absolute atomic E-state index is 5.42. The zero-order valence-electron chi connectivity index (χ0n) is 11.0. The van der Waals surface area contributed by atoms with E-state index in [4.69, 9.17) is 9.15 Å². The topological polar surface area (TPSA) is 72.2 Å². The van der Waals surface area contributed by atoms with Gasteiger partial charge in [0.1, 0.15) is 0 Å². The summed E-state index contributed by atoms with van der Waals surface area (Å²) in [6, 6.07) is 0.465. The molecule has 0 amide bonds. The van der Waals surface area contributed by atoms with E-state index in [1.165, 1.54) is 0 Å². The smallest absolute Gasteiger partial charge is 0.315 e. The molecule has 98 valence electrons. The summed E-state index contributed by atoms with van der Waals surface area (Å²) in [6.07, 6.45) is 0.911. The average Bonchev–Trinajstić information content (AvgIpc) is 2.69. The third kappa shape index (κ3) is 6.23. The molecule has 0 aliphatic rings. The lowest BCUT2D eigenvalue weighted by molar-refractivity contribution is 0.197. The van der Waals surface area contributed by atoms with Gasteiger partial charge in [0.25, 0.3) is 0 Å². The molecule has 0 aliphatic carbocycles. The van der Waals surface area contributed by atoms with Gasteiger partial charge < -0.3 is 19.8 Å². The standard InChI is InChI=1S/C11H22N4O2/c1-11(2,3)13-8-9-14-15-10(17-9)12-6-5-7-16-4/h13H,5-8H2,1-4H3,(H,12,15). The van der Waals surface area contributed by atoms with E-state index < -0.39 is 0 Å². The molecule has 17 heavy (non-hydrogen) atoms. The molecule has 0 bridgehead atoms. The predicted molar refractivity (Wildman–Crippen MR) is 65.9 cm³/mol. The number of methoxy groups -OCH3 is 1. The first-order valence-electron chi connectivity index (χ1n) is 5.81. The molecule has 1 aromatic rings. The summed E-state index contributed by atoms with van der Waals surface area (Å²) >= 11 is 0. The zero-order valence-corrected chi connectivity index (χ0v) is 11.0. The molecular weight excluding hydrogens is 220 g/mol. The average molecular weight is 242 g/mol. The largest absolute Gasteiger partial charge is 0.407 e. The molecule has 1 rings (SSSR count). The SMILES string of the molecule is COCCCNc1nnc(CNC(C)(C)C)o1. The van der Waals surface area contributed by atoms with Crippen LogP contribution in [-0.2, 0) is 11.3 Å². The summed E-state index contributed by atoms with van der Waals surface area (Å²) in [7, 11) is 1.68. The molecule has 2 N–H and O–H groups in total. The monoisotopic (exact) mass is 242 g/mol. The molecule has 1 heterocycles. The van der Waals surface area contributed by atoms with E-state index in [1.807, 2.05) is 0 Å². The Bertz CT molecular complexity index is 320. The van der Waals surface area contributed by atoms with Crippen LogP contribution in [0, 0.1) is 0 Å². The highest BCUT2D eigenvalue weighted by atomic mass is 16.5. The first-order chi connectivity index (χ1) is 8.01. The number of nitrogens with zero attached hydrogens (tertiary/aromatic N) is 2. The van der Waals surface area contributed by atoms with Crippen molar-refractivity contribution < 1.29 is 9.15 Å². The number of hydrogen-bond acceptors (Lipinski definition) is 6. The number of hydrogen-bond donors (Lipinski definition) is 2. The highest BCUT2D eigenvalue weighted by molar-refractivity contribution is 5.16. The first-order valence-corrected chi connectivity index (χ1v) is 5.81. The minimum atomic E-state index is 0.0422. The minimum absolute atomic E-state index is 0.0422. The van der Waals surface area contributed by atoms with E-state index in [0.717, 1.165) is 19.6 Å². The fraction of sp³-hybridized carbons (Fsp3) is 0.818. The van der Waals surface area contributed by atoms with Crippen LogP contribution in [0.4, 0.5) is 6.01 Å². The molecular formula is C11H22N4O2. The molecule has 0 aromatic carbocycles. The van der Waals surface area contributed by atoms with Crippen molar-refractivity contribution in [2.45, 2.75) is 39.3 Å². The van der Waals surface area contributed by atoms with Gasteiger partial charge in [-0.15, -0.1) is 5.10 Å². The van der Waals surface area contributed by atoms with Gasteiger partial charge in [-0.2, -0.15) is 0 Å². The highest BCUT2D eigenvalue weighted by Gasteiger charge is 2.11. The lowest BCUT2D eigenvalue weighted by atomic mass is 10.1. The van der Waals surface area contributed by atoms with Gasteiger partial charge in [0.15, 0.2) is 0 Å². The summed E-state index contributed by atoms with van der Waals surface area (Å²) in [5.41, 5.74) is 0.0422. The Kier molecular flexibility index (Phi) is 5.37. The summed E-state index contributed by atoms with van der Waals surface area (Å²) in [5, 5.41) is 14.2. The molecule has 1 aromatic heterocycles. The second-order valence-corrected chi connectivity index (χ2v) is 4.88. The Labute approximate surface area is 102 Å². The maximum atomic E-state index is 5.42. The van der Waals surface area contributed by atoms with Gasteiger partial charge in [0.05, 0.1) is 6.54 Å². The van der Waals surface area contributed by atoms with Gasteiger partial charge in [-0.1, -0.05) is 5.10 Å². The lowest BCUT2D eigenvalue weighted by Gasteiger charge is -2.18. The van der Waals surface area contributed by atoms with Crippen LogP contribution in [-0.4, -0.2) is 36.0 Å². The van der Waals surface area contributed by atoms with E-state index in [2.05, 4.69) is 41.6 Å². The Morgan fingerprint density at radius 3 is 2.71 bits per heavy atom. The van der Waals surface area contributed by atoms with Crippen molar-refractivity contribution in [3.63, 3.8) is 0 Å². The zero-order chi connectivity index (χ0) is 12.7. The second-order valence-electron chi connectivity index (χ2n) is 4.88. The molecule has 6 nitrogen and oxygen atoms in total. The van der Waals surface area contributed by atoms with Crippen molar-refractivity contribution in [2.24, 2.45) is 0 Å². The number of anilines is 1. The molecule has 0 radical (unpaired) electrons. The van der Waals surface area contributed by atoms with Crippen LogP contribution in [0.3, 0.4) is 0 Å². The quantitative estimate of drug-likeness (QED) is 0.704. The van der Waals surface area contributed by atoms with E-state index in [-0.39, 0.29) is 5.54 Å². The molecule has 0 fully saturated rings. The molecule has 0 atom stereocenters. The molecule has 0 aliphatic heterocycles.